The van der Waals surface area contributed by atoms with Crippen LogP contribution in [-0.4, -0.2) is 37.5 Å². The molecule has 102 valence electrons. The monoisotopic (exact) mass is 335 g/mol. The van der Waals surface area contributed by atoms with Gasteiger partial charge in [0.15, 0.2) is 0 Å². The van der Waals surface area contributed by atoms with Crippen LogP contribution in [0.3, 0.4) is 0 Å². The van der Waals surface area contributed by atoms with Crippen molar-refractivity contribution in [1.29, 1.82) is 0 Å². The summed E-state index contributed by atoms with van der Waals surface area (Å²) < 4.78 is 26.3. The predicted octanol–water partition coefficient (Wildman–Crippen LogP) is 1.98. The van der Waals surface area contributed by atoms with Gasteiger partial charge in [-0.25, -0.2) is 12.7 Å². The van der Waals surface area contributed by atoms with Crippen molar-refractivity contribution in [3.05, 3.63) is 34.3 Å². The lowest BCUT2D eigenvalue weighted by molar-refractivity contribution is 0.177. The van der Waals surface area contributed by atoms with Crippen LogP contribution in [0.5, 0.6) is 0 Å². The Morgan fingerprint density at radius 3 is 2.39 bits per heavy atom. The number of rotatable bonds is 6. The van der Waals surface area contributed by atoms with Crippen molar-refractivity contribution in [3.8, 4) is 0 Å². The van der Waals surface area contributed by atoms with E-state index in [1.54, 1.807) is 19.1 Å². The van der Waals surface area contributed by atoms with Gasteiger partial charge in [0.2, 0.25) is 10.0 Å². The highest BCUT2D eigenvalue weighted by atomic mass is 79.9. The first-order valence-corrected chi connectivity index (χ1v) is 8.08. The van der Waals surface area contributed by atoms with Crippen molar-refractivity contribution in [2.45, 2.75) is 25.2 Å². The summed E-state index contributed by atoms with van der Waals surface area (Å²) >= 11 is 3.31. The minimum Gasteiger partial charge on any atom is -0.393 e. The van der Waals surface area contributed by atoms with E-state index in [0.29, 0.717) is 13.0 Å². The zero-order valence-corrected chi connectivity index (χ0v) is 12.9. The molecule has 0 saturated carbocycles. The average Bonchev–Trinajstić information content (AvgIpc) is 2.28. The normalized spacial score (nSPS) is 13.8. The molecule has 0 radical (unpaired) electrons. The van der Waals surface area contributed by atoms with Crippen LogP contribution >= 0.6 is 15.9 Å². The molecule has 0 fully saturated rings. The Balaban J connectivity index is 2.66. The molecule has 0 aliphatic carbocycles. The lowest BCUT2D eigenvalue weighted by Gasteiger charge is -2.17. The molecule has 4 nitrogen and oxygen atoms in total. The summed E-state index contributed by atoms with van der Waals surface area (Å²) in [6, 6.07) is 7.20. The van der Waals surface area contributed by atoms with Gasteiger partial charge in [-0.15, -0.1) is 0 Å². The van der Waals surface area contributed by atoms with Gasteiger partial charge in [0.05, 0.1) is 11.9 Å². The fourth-order valence-corrected chi connectivity index (χ4v) is 2.89. The first-order chi connectivity index (χ1) is 8.31. The van der Waals surface area contributed by atoms with Crippen LogP contribution in [0.25, 0.3) is 0 Å². The third-order valence-electron chi connectivity index (χ3n) is 2.60. The zero-order valence-electron chi connectivity index (χ0n) is 10.5. The number of hydrogen-bond acceptors (Lipinski definition) is 3. The van der Waals surface area contributed by atoms with Crippen molar-refractivity contribution < 1.29 is 13.5 Å². The lowest BCUT2D eigenvalue weighted by Crippen LogP contribution is -2.30. The third-order valence-corrected chi connectivity index (χ3v) is 4.96. The van der Waals surface area contributed by atoms with E-state index < -0.39 is 16.1 Å². The molecule has 1 N–H and O–H groups in total. The molecule has 0 amide bonds. The number of aliphatic hydroxyl groups is 1. The lowest BCUT2D eigenvalue weighted by atomic mass is 10.2. The molecule has 1 unspecified atom stereocenters. The van der Waals surface area contributed by atoms with Gasteiger partial charge in [0, 0.05) is 18.1 Å². The molecule has 1 atom stereocenters. The number of hydrogen-bond donors (Lipinski definition) is 1. The second-order valence-electron chi connectivity index (χ2n) is 4.34. The highest BCUT2D eigenvalue weighted by Crippen LogP contribution is 2.14. The Morgan fingerprint density at radius 2 is 1.89 bits per heavy atom. The first-order valence-electron chi connectivity index (χ1n) is 5.68. The summed E-state index contributed by atoms with van der Waals surface area (Å²) in [5.74, 6) is -0.0173. The molecular weight excluding hydrogens is 318 g/mol. The van der Waals surface area contributed by atoms with E-state index in [1.165, 1.54) is 11.4 Å². The molecule has 0 aromatic heterocycles. The Hall–Kier alpha value is -0.430. The Bertz CT molecular complexity index is 471. The fraction of sp³-hybridized carbons (Fsp3) is 0.500. The molecule has 0 aliphatic heterocycles. The second-order valence-corrected chi connectivity index (χ2v) is 7.33. The number of nitrogens with zero attached hydrogens (tertiary/aromatic N) is 1. The highest BCUT2D eigenvalue weighted by molar-refractivity contribution is 9.10. The highest BCUT2D eigenvalue weighted by Gasteiger charge is 2.18. The standard InChI is InChI=1S/C12H18BrNO3S/c1-10(15)7-8-14(2)18(16,17)9-11-3-5-12(13)6-4-11/h3-6,10,15H,7-9H2,1-2H3. The molecule has 6 heteroatoms. The van der Waals surface area contributed by atoms with Crippen LogP contribution in [0.1, 0.15) is 18.9 Å². The van der Waals surface area contributed by atoms with Gasteiger partial charge in [-0.2, -0.15) is 0 Å². The topological polar surface area (TPSA) is 57.6 Å². The number of benzene rings is 1. The van der Waals surface area contributed by atoms with Crippen LogP contribution in [0.2, 0.25) is 0 Å². The maximum absolute atomic E-state index is 12.0. The smallest absolute Gasteiger partial charge is 0.218 e. The minimum absolute atomic E-state index is 0.0173. The molecule has 1 aromatic carbocycles. The van der Waals surface area contributed by atoms with Gasteiger partial charge in [0.25, 0.3) is 0 Å². The summed E-state index contributed by atoms with van der Waals surface area (Å²) in [6.45, 7) is 1.98. The average molecular weight is 336 g/mol. The van der Waals surface area contributed by atoms with Crippen molar-refractivity contribution in [1.82, 2.24) is 4.31 Å². The van der Waals surface area contributed by atoms with E-state index in [1.807, 2.05) is 12.1 Å². The predicted molar refractivity (Wildman–Crippen MR) is 75.7 cm³/mol. The summed E-state index contributed by atoms with van der Waals surface area (Å²) in [6.07, 6.45) is -0.0499. The Morgan fingerprint density at radius 1 is 1.33 bits per heavy atom. The van der Waals surface area contributed by atoms with E-state index in [-0.39, 0.29) is 5.75 Å². The quantitative estimate of drug-likeness (QED) is 0.864. The molecule has 0 heterocycles. The van der Waals surface area contributed by atoms with Gasteiger partial charge in [-0.3, -0.25) is 0 Å². The summed E-state index contributed by atoms with van der Waals surface area (Å²) in [5.41, 5.74) is 0.752. The summed E-state index contributed by atoms with van der Waals surface area (Å²) in [5, 5.41) is 9.16. The van der Waals surface area contributed by atoms with Crippen LogP contribution in [0.4, 0.5) is 0 Å². The zero-order chi connectivity index (χ0) is 13.8. The molecule has 0 bridgehead atoms. The number of sulfonamides is 1. The molecule has 0 saturated heterocycles. The Kier molecular flexibility index (Phi) is 5.78. The SMILES string of the molecule is CC(O)CCN(C)S(=O)(=O)Cc1ccc(Br)cc1. The molecule has 0 aliphatic rings. The maximum Gasteiger partial charge on any atom is 0.218 e. The first kappa shape index (κ1) is 15.6. The molecule has 18 heavy (non-hydrogen) atoms. The van der Waals surface area contributed by atoms with E-state index in [9.17, 15) is 8.42 Å². The Labute approximate surface area is 117 Å². The van der Waals surface area contributed by atoms with Crippen molar-refractivity contribution in [2.24, 2.45) is 0 Å². The van der Waals surface area contributed by atoms with E-state index in [4.69, 9.17) is 5.11 Å². The fourth-order valence-electron chi connectivity index (χ4n) is 1.41. The van der Waals surface area contributed by atoms with E-state index in [0.717, 1.165) is 10.0 Å². The van der Waals surface area contributed by atoms with Gasteiger partial charge in [-0.1, -0.05) is 28.1 Å². The number of halogens is 1. The van der Waals surface area contributed by atoms with Crippen LogP contribution in [0.15, 0.2) is 28.7 Å². The van der Waals surface area contributed by atoms with Crippen LogP contribution in [0, 0.1) is 0 Å². The molecule has 1 aromatic rings. The molecule has 1 rings (SSSR count). The van der Waals surface area contributed by atoms with E-state index >= 15 is 0 Å². The van der Waals surface area contributed by atoms with Crippen molar-refractivity contribution in [3.63, 3.8) is 0 Å². The van der Waals surface area contributed by atoms with Crippen LogP contribution < -0.4 is 0 Å². The summed E-state index contributed by atoms with van der Waals surface area (Å²) in [7, 11) is -1.78. The van der Waals surface area contributed by atoms with Gasteiger partial charge in [0.1, 0.15) is 0 Å². The second kappa shape index (κ2) is 6.65. The third kappa shape index (κ3) is 5.06. The van der Waals surface area contributed by atoms with Gasteiger partial charge >= 0.3 is 0 Å². The molecular formula is C12H18BrNO3S. The van der Waals surface area contributed by atoms with Crippen molar-refractivity contribution in [2.75, 3.05) is 13.6 Å². The van der Waals surface area contributed by atoms with Gasteiger partial charge < -0.3 is 5.11 Å². The largest absolute Gasteiger partial charge is 0.393 e. The maximum atomic E-state index is 12.0. The van der Waals surface area contributed by atoms with E-state index in [2.05, 4.69) is 15.9 Å². The minimum atomic E-state index is -3.31. The van der Waals surface area contributed by atoms with Crippen molar-refractivity contribution >= 4 is 26.0 Å². The summed E-state index contributed by atoms with van der Waals surface area (Å²) in [4.78, 5) is 0. The number of aliphatic hydroxyl groups excluding tert-OH is 1. The van der Waals surface area contributed by atoms with Gasteiger partial charge in [-0.05, 0) is 31.0 Å². The molecule has 0 spiro atoms. The van der Waals surface area contributed by atoms with Crippen LogP contribution in [-0.2, 0) is 15.8 Å².